The van der Waals surface area contributed by atoms with Crippen LogP contribution in [0.2, 0.25) is 0 Å². The van der Waals surface area contributed by atoms with Gasteiger partial charge in [0.25, 0.3) is 0 Å². The SMILES string of the molecule is CCCNC(=O)C[C@@H]1CC[NH+](Cc2ccc(OC)cc2O)C[C@@H]1CC. The minimum atomic E-state index is 0.196. The predicted molar refractivity (Wildman–Crippen MR) is 98.9 cm³/mol. The van der Waals surface area contributed by atoms with E-state index >= 15 is 0 Å². The first-order valence-electron chi connectivity index (χ1n) is 9.53. The number of carbonyl (C=O) groups is 1. The highest BCUT2D eigenvalue weighted by molar-refractivity contribution is 5.76. The van der Waals surface area contributed by atoms with Gasteiger partial charge >= 0.3 is 0 Å². The van der Waals surface area contributed by atoms with Gasteiger partial charge in [0.05, 0.1) is 20.2 Å². The van der Waals surface area contributed by atoms with Gasteiger partial charge in [-0.2, -0.15) is 0 Å². The van der Waals surface area contributed by atoms with Crippen molar-refractivity contribution in [3.05, 3.63) is 23.8 Å². The predicted octanol–water partition coefficient (Wildman–Crippen LogP) is 1.75. The molecule has 3 N–H and O–H groups in total. The molecule has 1 saturated heterocycles. The number of quaternary nitrogens is 1. The van der Waals surface area contributed by atoms with Crippen LogP contribution in [0, 0.1) is 11.8 Å². The van der Waals surface area contributed by atoms with E-state index in [1.807, 2.05) is 12.1 Å². The number of piperidine rings is 1. The third-order valence-electron chi connectivity index (χ3n) is 5.36. The Kier molecular flexibility index (Phi) is 7.56. The molecule has 3 atom stereocenters. The summed E-state index contributed by atoms with van der Waals surface area (Å²) in [5.74, 6) is 2.23. The van der Waals surface area contributed by atoms with Crippen molar-refractivity contribution in [2.45, 2.75) is 46.1 Å². The second-order valence-electron chi connectivity index (χ2n) is 7.15. The highest BCUT2D eigenvalue weighted by atomic mass is 16.5. The molecule has 0 aliphatic carbocycles. The molecule has 1 fully saturated rings. The first-order chi connectivity index (χ1) is 12.1. The highest BCUT2D eigenvalue weighted by Crippen LogP contribution is 2.25. The molecule has 0 saturated carbocycles. The number of amides is 1. The zero-order valence-corrected chi connectivity index (χ0v) is 15.8. The second kappa shape index (κ2) is 9.66. The van der Waals surface area contributed by atoms with Crippen LogP contribution in [0.3, 0.4) is 0 Å². The summed E-state index contributed by atoms with van der Waals surface area (Å²) in [4.78, 5) is 13.5. The van der Waals surface area contributed by atoms with Crippen LogP contribution in [-0.2, 0) is 11.3 Å². The number of rotatable bonds is 8. The van der Waals surface area contributed by atoms with Crippen molar-refractivity contribution >= 4 is 5.91 Å². The molecular formula is C20H33N2O3+. The van der Waals surface area contributed by atoms with Gasteiger partial charge in [-0.25, -0.2) is 0 Å². The standard InChI is InChI=1S/C20H32N2O3/c1-4-9-21-20(24)11-16-8-10-22(13-15(16)5-2)14-17-6-7-18(25-3)12-19(17)23/h6-7,12,15-16,23H,4-5,8-11,13-14H2,1-3H3,(H,21,24)/p+1/t15-,16-/m0/s1. The Hall–Kier alpha value is -1.75. The van der Waals surface area contributed by atoms with E-state index in [1.54, 1.807) is 13.2 Å². The molecule has 25 heavy (non-hydrogen) atoms. The molecule has 0 bridgehead atoms. The third kappa shape index (κ3) is 5.63. The highest BCUT2D eigenvalue weighted by Gasteiger charge is 2.32. The molecule has 1 aliphatic rings. The zero-order chi connectivity index (χ0) is 18.2. The molecular weight excluding hydrogens is 316 g/mol. The molecule has 140 valence electrons. The number of hydrogen-bond donors (Lipinski definition) is 3. The molecule has 1 heterocycles. The topological polar surface area (TPSA) is 63.0 Å². The summed E-state index contributed by atoms with van der Waals surface area (Å²) < 4.78 is 5.15. The molecule has 1 aromatic rings. The number of phenolic OH excluding ortho intramolecular Hbond substituents is 1. The van der Waals surface area contributed by atoms with Crippen LogP contribution in [0.5, 0.6) is 11.5 Å². The molecule has 5 nitrogen and oxygen atoms in total. The largest absolute Gasteiger partial charge is 0.507 e. The number of carbonyl (C=O) groups excluding carboxylic acids is 1. The fourth-order valence-electron chi connectivity index (χ4n) is 3.84. The fraction of sp³-hybridized carbons (Fsp3) is 0.650. The normalized spacial score (nSPS) is 23.2. The summed E-state index contributed by atoms with van der Waals surface area (Å²) in [5, 5.41) is 13.2. The summed E-state index contributed by atoms with van der Waals surface area (Å²) in [6.07, 6.45) is 3.81. The number of nitrogens with one attached hydrogen (secondary N) is 2. The Labute approximate surface area is 151 Å². The van der Waals surface area contributed by atoms with Gasteiger partial charge in [-0.3, -0.25) is 4.79 Å². The van der Waals surface area contributed by atoms with Crippen molar-refractivity contribution in [3.8, 4) is 11.5 Å². The minimum absolute atomic E-state index is 0.196. The first kappa shape index (κ1) is 19.6. The summed E-state index contributed by atoms with van der Waals surface area (Å²) in [6.45, 7) is 8.00. The van der Waals surface area contributed by atoms with Crippen LogP contribution >= 0.6 is 0 Å². The second-order valence-corrected chi connectivity index (χ2v) is 7.15. The van der Waals surface area contributed by atoms with Gasteiger partial charge in [0.2, 0.25) is 5.91 Å². The van der Waals surface area contributed by atoms with Crippen molar-refractivity contribution in [2.75, 3.05) is 26.7 Å². The van der Waals surface area contributed by atoms with Crippen molar-refractivity contribution in [1.82, 2.24) is 5.32 Å². The van der Waals surface area contributed by atoms with E-state index in [9.17, 15) is 9.90 Å². The molecule has 2 rings (SSSR count). The van der Waals surface area contributed by atoms with Gasteiger partial charge in [-0.05, 0) is 30.9 Å². The molecule has 0 radical (unpaired) electrons. The van der Waals surface area contributed by atoms with Crippen molar-refractivity contribution in [1.29, 1.82) is 0 Å². The fourth-order valence-corrected chi connectivity index (χ4v) is 3.84. The Morgan fingerprint density at radius 2 is 2.16 bits per heavy atom. The lowest BCUT2D eigenvalue weighted by molar-refractivity contribution is -0.923. The van der Waals surface area contributed by atoms with E-state index in [2.05, 4.69) is 19.2 Å². The lowest BCUT2D eigenvalue weighted by Crippen LogP contribution is -3.12. The monoisotopic (exact) mass is 349 g/mol. The molecule has 1 amide bonds. The van der Waals surface area contributed by atoms with Gasteiger partial charge in [-0.1, -0.05) is 13.8 Å². The maximum Gasteiger partial charge on any atom is 0.220 e. The lowest BCUT2D eigenvalue weighted by atomic mass is 9.81. The number of methoxy groups -OCH3 is 1. The molecule has 1 aliphatic heterocycles. The summed E-state index contributed by atoms with van der Waals surface area (Å²) >= 11 is 0. The van der Waals surface area contributed by atoms with Gasteiger partial charge < -0.3 is 20.1 Å². The molecule has 1 aromatic carbocycles. The average Bonchev–Trinajstić information content (AvgIpc) is 2.62. The maximum atomic E-state index is 12.0. The number of likely N-dealkylation sites (tertiary alicyclic amines) is 1. The van der Waals surface area contributed by atoms with E-state index in [-0.39, 0.29) is 5.91 Å². The van der Waals surface area contributed by atoms with Crippen LogP contribution in [-0.4, -0.2) is 37.8 Å². The van der Waals surface area contributed by atoms with E-state index in [1.165, 1.54) is 4.90 Å². The number of hydrogen-bond acceptors (Lipinski definition) is 3. The smallest absolute Gasteiger partial charge is 0.220 e. The quantitative estimate of drug-likeness (QED) is 0.670. The van der Waals surface area contributed by atoms with E-state index in [4.69, 9.17) is 4.74 Å². The van der Waals surface area contributed by atoms with Crippen LogP contribution in [0.15, 0.2) is 18.2 Å². The van der Waals surface area contributed by atoms with E-state index in [0.29, 0.717) is 29.8 Å². The van der Waals surface area contributed by atoms with Crippen molar-refractivity contribution in [3.63, 3.8) is 0 Å². The van der Waals surface area contributed by atoms with Gasteiger partial charge in [-0.15, -0.1) is 0 Å². The zero-order valence-electron chi connectivity index (χ0n) is 15.8. The van der Waals surface area contributed by atoms with Gasteiger partial charge in [0.15, 0.2) is 0 Å². The van der Waals surface area contributed by atoms with E-state index < -0.39 is 0 Å². The Bertz CT molecular complexity index is 562. The Balaban J connectivity index is 1.91. The number of benzene rings is 1. The molecule has 0 aromatic heterocycles. The average molecular weight is 349 g/mol. The molecule has 5 heteroatoms. The van der Waals surface area contributed by atoms with Crippen molar-refractivity contribution in [2.24, 2.45) is 11.8 Å². The lowest BCUT2D eigenvalue weighted by Gasteiger charge is -2.35. The first-order valence-corrected chi connectivity index (χ1v) is 9.53. The van der Waals surface area contributed by atoms with Gasteiger partial charge in [0, 0.05) is 36.9 Å². The van der Waals surface area contributed by atoms with Crippen LogP contribution in [0.25, 0.3) is 0 Å². The molecule has 1 unspecified atom stereocenters. The van der Waals surface area contributed by atoms with Crippen molar-refractivity contribution < 1.29 is 19.5 Å². The number of ether oxygens (including phenoxy) is 1. The number of phenols is 1. The number of aromatic hydroxyl groups is 1. The van der Waals surface area contributed by atoms with E-state index in [0.717, 1.165) is 51.0 Å². The Morgan fingerprint density at radius 3 is 2.80 bits per heavy atom. The summed E-state index contributed by atoms with van der Waals surface area (Å²) in [5.41, 5.74) is 0.963. The molecule has 0 spiro atoms. The summed E-state index contributed by atoms with van der Waals surface area (Å²) in [7, 11) is 1.60. The van der Waals surface area contributed by atoms with Crippen LogP contribution in [0.4, 0.5) is 0 Å². The summed E-state index contributed by atoms with van der Waals surface area (Å²) in [6, 6.07) is 5.53. The third-order valence-corrected chi connectivity index (χ3v) is 5.36. The van der Waals surface area contributed by atoms with Gasteiger partial charge in [0.1, 0.15) is 18.0 Å². The van der Waals surface area contributed by atoms with Crippen LogP contribution in [0.1, 0.15) is 45.1 Å². The van der Waals surface area contributed by atoms with Crippen LogP contribution < -0.4 is 15.0 Å². The Morgan fingerprint density at radius 1 is 1.36 bits per heavy atom. The minimum Gasteiger partial charge on any atom is -0.507 e. The maximum absolute atomic E-state index is 12.0.